The summed E-state index contributed by atoms with van der Waals surface area (Å²) in [6.45, 7) is 2.31. The van der Waals surface area contributed by atoms with Crippen molar-refractivity contribution >= 4 is 10.8 Å². The number of imidazole rings is 1. The zero-order chi connectivity index (χ0) is 20.3. The van der Waals surface area contributed by atoms with Gasteiger partial charge in [0.25, 0.3) is 0 Å². The third-order valence-electron chi connectivity index (χ3n) is 6.62. The second-order valence-corrected chi connectivity index (χ2v) is 8.58. The molecule has 3 aromatic carbocycles. The van der Waals surface area contributed by atoms with Crippen molar-refractivity contribution in [2.45, 2.75) is 50.6 Å². The molecule has 3 atom stereocenters. The Hall–Kier alpha value is -2.91. The number of nitrogens with one attached hydrogen (secondary N) is 1. The first kappa shape index (κ1) is 19.1. The van der Waals surface area contributed by atoms with Crippen LogP contribution in [0, 0.1) is 0 Å². The molecule has 0 saturated heterocycles. The van der Waals surface area contributed by atoms with Gasteiger partial charge in [0.1, 0.15) is 0 Å². The molecule has 0 spiro atoms. The van der Waals surface area contributed by atoms with Gasteiger partial charge in [0.2, 0.25) is 0 Å². The molecule has 1 aliphatic carbocycles. The first-order chi connectivity index (χ1) is 14.8. The Bertz CT molecular complexity index is 1090. The van der Waals surface area contributed by atoms with E-state index in [0.29, 0.717) is 18.0 Å². The van der Waals surface area contributed by atoms with Crippen LogP contribution >= 0.6 is 0 Å². The van der Waals surface area contributed by atoms with E-state index in [2.05, 4.69) is 88.5 Å². The summed E-state index contributed by atoms with van der Waals surface area (Å²) < 4.78 is 2.06. The van der Waals surface area contributed by atoms with E-state index in [4.69, 9.17) is 0 Å². The molecule has 152 valence electrons. The van der Waals surface area contributed by atoms with Crippen LogP contribution in [-0.4, -0.2) is 15.6 Å². The molecular formula is C27H29N3. The predicted octanol–water partition coefficient (Wildman–Crippen LogP) is 6.40. The van der Waals surface area contributed by atoms with E-state index < -0.39 is 0 Å². The number of hydrogen-bond donors (Lipinski definition) is 1. The smallest absolute Gasteiger partial charge is 0.0991 e. The lowest BCUT2D eigenvalue weighted by molar-refractivity contribution is 0.319. The minimum Gasteiger partial charge on any atom is -0.307 e. The second-order valence-electron chi connectivity index (χ2n) is 8.58. The van der Waals surface area contributed by atoms with Crippen LogP contribution in [0.3, 0.4) is 0 Å². The Morgan fingerprint density at radius 1 is 0.967 bits per heavy atom. The average Bonchev–Trinajstić information content (AvgIpc) is 3.34. The van der Waals surface area contributed by atoms with Gasteiger partial charge in [-0.3, -0.25) is 0 Å². The molecule has 1 fully saturated rings. The lowest BCUT2D eigenvalue weighted by atomic mass is 9.81. The Morgan fingerprint density at radius 2 is 1.80 bits per heavy atom. The molecule has 1 saturated carbocycles. The van der Waals surface area contributed by atoms with Crippen LogP contribution in [0.15, 0.2) is 85.5 Å². The largest absolute Gasteiger partial charge is 0.307 e. The van der Waals surface area contributed by atoms with Gasteiger partial charge in [-0.1, -0.05) is 61.0 Å². The maximum Gasteiger partial charge on any atom is 0.0991 e. The monoisotopic (exact) mass is 395 g/mol. The standard InChI is InChI=1S/C27H29N3/c1-20(26-11-5-7-22-6-2-3-10-27(22)26)29-24-9-4-8-23(18-24)21-12-14-25(15-13-21)30-17-16-28-19-30/h2-3,5-7,10-17,19-20,23-24,29H,4,8-9,18H2,1H3/t20-,23+,24+/m1/s1. The molecule has 1 heterocycles. The van der Waals surface area contributed by atoms with Gasteiger partial charge in [0, 0.05) is 30.2 Å². The molecule has 30 heavy (non-hydrogen) atoms. The van der Waals surface area contributed by atoms with E-state index in [9.17, 15) is 0 Å². The van der Waals surface area contributed by atoms with Gasteiger partial charge in [0.15, 0.2) is 0 Å². The first-order valence-electron chi connectivity index (χ1n) is 11.1. The zero-order valence-electron chi connectivity index (χ0n) is 17.5. The summed E-state index contributed by atoms with van der Waals surface area (Å²) >= 11 is 0. The molecular weight excluding hydrogens is 366 g/mol. The van der Waals surface area contributed by atoms with Crippen molar-refractivity contribution < 1.29 is 0 Å². The summed E-state index contributed by atoms with van der Waals surface area (Å²) in [5.74, 6) is 0.632. The highest BCUT2D eigenvalue weighted by Gasteiger charge is 2.25. The van der Waals surface area contributed by atoms with E-state index in [0.717, 1.165) is 0 Å². The molecule has 5 rings (SSSR count). The molecule has 1 N–H and O–H groups in total. The summed E-state index contributed by atoms with van der Waals surface area (Å²) in [5.41, 5.74) is 4.04. The second kappa shape index (κ2) is 8.45. The molecule has 0 unspecified atom stereocenters. The highest BCUT2D eigenvalue weighted by Crippen LogP contribution is 2.35. The molecule has 0 radical (unpaired) electrons. The van der Waals surface area contributed by atoms with Crippen molar-refractivity contribution in [1.82, 2.24) is 14.9 Å². The van der Waals surface area contributed by atoms with Crippen LogP contribution < -0.4 is 5.32 Å². The molecule has 1 aliphatic rings. The number of nitrogens with zero attached hydrogens (tertiary/aromatic N) is 2. The van der Waals surface area contributed by atoms with E-state index in [1.165, 1.54) is 53.3 Å². The van der Waals surface area contributed by atoms with Crippen LogP contribution in [0.1, 0.15) is 55.7 Å². The number of aromatic nitrogens is 2. The lowest BCUT2D eigenvalue weighted by Crippen LogP contribution is -2.35. The van der Waals surface area contributed by atoms with Crippen molar-refractivity contribution in [3.8, 4) is 5.69 Å². The molecule has 1 aromatic heterocycles. The highest BCUT2D eigenvalue weighted by molar-refractivity contribution is 5.86. The normalized spacial score (nSPS) is 20.3. The summed E-state index contributed by atoms with van der Waals surface area (Å²) in [6, 6.07) is 25.3. The van der Waals surface area contributed by atoms with E-state index in [1.54, 1.807) is 0 Å². The van der Waals surface area contributed by atoms with Gasteiger partial charge < -0.3 is 9.88 Å². The van der Waals surface area contributed by atoms with Crippen molar-refractivity contribution in [2.75, 3.05) is 0 Å². The zero-order valence-corrected chi connectivity index (χ0v) is 17.5. The number of rotatable bonds is 5. The fourth-order valence-electron chi connectivity index (χ4n) is 5.05. The average molecular weight is 396 g/mol. The molecule has 0 aliphatic heterocycles. The maximum absolute atomic E-state index is 4.15. The summed E-state index contributed by atoms with van der Waals surface area (Å²) in [7, 11) is 0. The fourth-order valence-corrected chi connectivity index (χ4v) is 5.05. The Morgan fingerprint density at radius 3 is 2.63 bits per heavy atom. The number of fused-ring (bicyclic) bond motifs is 1. The van der Waals surface area contributed by atoms with Crippen molar-refractivity contribution in [3.05, 3.63) is 96.6 Å². The molecule has 0 amide bonds. The summed E-state index contributed by atoms with van der Waals surface area (Å²) in [5, 5.41) is 6.63. The Balaban J connectivity index is 1.28. The van der Waals surface area contributed by atoms with Crippen molar-refractivity contribution in [2.24, 2.45) is 0 Å². The fraction of sp³-hybridized carbons (Fsp3) is 0.296. The van der Waals surface area contributed by atoms with Gasteiger partial charge in [0.05, 0.1) is 6.33 Å². The van der Waals surface area contributed by atoms with Crippen LogP contribution in [0.25, 0.3) is 16.5 Å². The first-order valence-corrected chi connectivity index (χ1v) is 11.1. The summed E-state index contributed by atoms with van der Waals surface area (Å²) in [6.07, 6.45) is 10.7. The number of benzene rings is 3. The highest BCUT2D eigenvalue weighted by atomic mass is 15.0. The minimum atomic E-state index is 0.350. The predicted molar refractivity (Wildman–Crippen MR) is 124 cm³/mol. The summed E-state index contributed by atoms with van der Waals surface area (Å²) in [4.78, 5) is 4.15. The molecule has 3 heteroatoms. The number of hydrogen-bond acceptors (Lipinski definition) is 2. The molecule has 3 nitrogen and oxygen atoms in total. The minimum absolute atomic E-state index is 0.350. The van der Waals surface area contributed by atoms with Crippen LogP contribution in [0.4, 0.5) is 0 Å². The maximum atomic E-state index is 4.15. The van der Waals surface area contributed by atoms with Gasteiger partial charge in [-0.2, -0.15) is 0 Å². The van der Waals surface area contributed by atoms with Crippen LogP contribution in [-0.2, 0) is 0 Å². The quantitative estimate of drug-likeness (QED) is 0.423. The van der Waals surface area contributed by atoms with Crippen molar-refractivity contribution in [3.63, 3.8) is 0 Å². The lowest BCUT2D eigenvalue weighted by Gasteiger charge is -2.32. The van der Waals surface area contributed by atoms with Crippen LogP contribution in [0.2, 0.25) is 0 Å². The third-order valence-corrected chi connectivity index (χ3v) is 6.62. The van der Waals surface area contributed by atoms with Gasteiger partial charge in [-0.25, -0.2) is 4.98 Å². The van der Waals surface area contributed by atoms with Gasteiger partial charge >= 0.3 is 0 Å². The van der Waals surface area contributed by atoms with Crippen molar-refractivity contribution in [1.29, 1.82) is 0 Å². The van der Waals surface area contributed by atoms with E-state index >= 15 is 0 Å². The molecule has 4 aromatic rings. The third kappa shape index (κ3) is 3.90. The Labute approximate surface area is 178 Å². The van der Waals surface area contributed by atoms with Gasteiger partial charge in [-0.15, -0.1) is 0 Å². The van der Waals surface area contributed by atoms with Crippen LogP contribution in [0.5, 0.6) is 0 Å². The SMILES string of the molecule is C[C@@H](N[C@H]1CCC[C@H](c2ccc(-n3ccnc3)cc2)C1)c1cccc2ccccc12. The van der Waals surface area contributed by atoms with E-state index in [-0.39, 0.29) is 0 Å². The van der Waals surface area contributed by atoms with E-state index in [1.807, 2.05) is 18.7 Å². The van der Waals surface area contributed by atoms with Gasteiger partial charge in [-0.05, 0) is 66.1 Å². The Kier molecular flexibility index (Phi) is 5.37. The molecule has 0 bridgehead atoms. The topological polar surface area (TPSA) is 29.9 Å².